The Labute approximate surface area is 95.7 Å². The molecule has 0 atom stereocenters. The van der Waals surface area contributed by atoms with Crippen molar-refractivity contribution in [3.63, 3.8) is 0 Å². The molecule has 1 aromatic carbocycles. The van der Waals surface area contributed by atoms with Crippen molar-refractivity contribution in [2.45, 2.75) is 26.2 Å². The van der Waals surface area contributed by atoms with Gasteiger partial charge in [0, 0.05) is 23.6 Å². The molecule has 0 aliphatic rings. The second kappa shape index (κ2) is 3.67. The minimum absolute atomic E-state index is 0.120. The number of hydrogen-bond donors (Lipinski definition) is 2. The number of benzene rings is 1. The van der Waals surface area contributed by atoms with Gasteiger partial charge >= 0.3 is 0 Å². The van der Waals surface area contributed by atoms with E-state index in [0.717, 1.165) is 17.1 Å². The van der Waals surface area contributed by atoms with Crippen molar-refractivity contribution in [2.75, 3.05) is 5.73 Å². The molecule has 0 aliphatic carbocycles. The molecule has 16 heavy (non-hydrogen) atoms. The van der Waals surface area contributed by atoms with Crippen molar-refractivity contribution in [1.82, 2.24) is 9.97 Å². The molecule has 1 heterocycles. The van der Waals surface area contributed by atoms with Crippen LogP contribution in [-0.4, -0.2) is 9.97 Å². The van der Waals surface area contributed by atoms with Crippen LogP contribution in [0, 0.1) is 0 Å². The summed E-state index contributed by atoms with van der Waals surface area (Å²) in [5.41, 5.74) is 9.06. The molecule has 0 amide bonds. The summed E-state index contributed by atoms with van der Waals surface area (Å²) in [6.07, 6.45) is 3.54. The Morgan fingerprint density at radius 1 is 1.25 bits per heavy atom. The van der Waals surface area contributed by atoms with E-state index in [1.165, 1.54) is 5.56 Å². The number of nitrogens with zero attached hydrogens (tertiary/aromatic N) is 1. The molecule has 3 N–H and O–H groups in total. The molecule has 0 aliphatic heterocycles. The van der Waals surface area contributed by atoms with E-state index in [4.69, 9.17) is 5.73 Å². The van der Waals surface area contributed by atoms with E-state index >= 15 is 0 Å². The quantitative estimate of drug-likeness (QED) is 0.718. The third-order valence-electron chi connectivity index (χ3n) is 2.67. The lowest BCUT2D eigenvalue weighted by molar-refractivity contribution is 0.590. The first-order valence-corrected chi connectivity index (χ1v) is 5.38. The lowest BCUT2D eigenvalue weighted by Crippen LogP contribution is -2.11. The third-order valence-corrected chi connectivity index (χ3v) is 2.67. The highest BCUT2D eigenvalue weighted by molar-refractivity contribution is 5.72. The Balaban J connectivity index is 2.54. The van der Waals surface area contributed by atoms with Crippen molar-refractivity contribution < 1.29 is 0 Å². The van der Waals surface area contributed by atoms with E-state index in [-0.39, 0.29) is 5.41 Å². The summed E-state index contributed by atoms with van der Waals surface area (Å²) in [6, 6.07) is 6.12. The highest BCUT2D eigenvalue weighted by Gasteiger charge is 2.16. The van der Waals surface area contributed by atoms with Crippen molar-refractivity contribution in [2.24, 2.45) is 0 Å². The molecule has 1 aromatic heterocycles. The summed E-state index contributed by atoms with van der Waals surface area (Å²) < 4.78 is 0. The van der Waals surface area contributed by atoms with E-state index in [0.29, 0.717) is 0 Å². The predicted octanol–water partition coefficient (Wildman–Crippen LogP) is 2.96. The van der Waals surface area contributed by atoms with Crippen LogP contribution in [0.4, 0.5) is 5.69 Å². The van der Waals surface area contributed by atoms with Crippen molar-refractivity contribution in [3.8, 4) is 11.4 Å². The van der Waals surface area contributed by atoms with Crippen molar-refractivity contribution in [3.05, 3.63) is 36.2 Å². The van der Waals surface area contributed by atoms with Gasteiger partial charge in [-0.3, -0.25) is 0 Å². The Bertz CT molecular complexity index is 478. The number of nitrogens with two attached hydrogens (primary N) is 1. The number of anilines is 1. The second-order valence-corrected chi connectivity index (χ2v) is 4.99. The van der Waals surface area contributed by atoms with Gasteiger partial charge in [-0.05, 0) is 23.1 Å². The van der Waals surface area contributed by atoms with Crippen LogP contribution < -0.4 is 5.73 Å². The molecular formula is C13H17N3. The van der Waals surface area contributed by atoms with Crippen LogP contribution in [0.3, 0.4) is 0 Å². The fraction of sp³-hybridized carbons (Fsp3) is 0.308. The molecule has 3 nitrogen and oxygen atoms in total. The lowest BCUT2D eigenvalue weighted by atomic mass is 9.86. The van der Waals surface area contributed by atoms with Gasteiger partial charge in [-0.2, -0.15) is 0 Å². The topological polar surface area (TPSA) is 54.7 Å². The zero-order valence-corrected chi connectivity index (χ0v) is 9.91. The summed E-state index contributed by atoms with van der Waals surface area (Å²) in [4.78, 5) is 7.32. The lowest BCUT2D eigenvalue weighted by Gasteiger charge is -2.20. The van der Waals surface area contributed by atoms with Gasteiger partial charge < -0.3 is 10.7 Å². The number of aromatic nitrogens is 2. The van der Waals surface area contributed by atoms with E-state index in [1.807, 2.05) is 6.07 Å². The normalized spacial score (nSPS) is 11.7. The summed E-state index contributed by atoms with van der Waals surface area (Å²) in [6.45, 7) is 6.55. The van der Waals surface area contributed by atoms with Gasteiger partial charge in [-0.15, -0.1) is 0 Å². The van der Waals surface area contributed by atoms with Gasteiger partial charge in [0.25, 0.3) is 0 Å². The number of imidazole rings is 1. The molecule has 0 unspecified atom stereocenters. The van der Waals surface area contributed by atoms with E-state index < -0.39 is 0 Å². The first-order valence-electron chi connectivity index (χ1n) is 5.38. The summed E-state index contributed by atoms with van der Waals surface area (Å²) >= 11 is 0. The van der Waals surface area contributed by atoms with Crippen LogP contribution in [0.1, 0.15) is 26.3 Å². The third kappa shape index (κ3) is 1.94. The fourth-order valence-electron chi connectivity index (χ4n) is 1.64. The van der Waals surface area contributed by atoms with Gasteiger partial charge in [0.05, 0.1) is 0 Å². The van der Waals surface area contributed by atoms with E-state index in [1.54, 1.807) is 12.4 Å². The number of aromatic amines is 1. The molecule has 0 radical (unpaired) electrons. The van der Waals surface area contributed by atoms with Crippen LogP contribution in [0.2, 0.25) is 0 Å². The SMILES string of the molecule is CC(C)(C)c1ccc(N)c(-c2ncc[nH]2)c1. The molecule has 0 spiro atoms. The maximum absolute atomic E-state index is 5.96. The predicted molar refractivity (Wildman–Crippen MR) is 67.1 cm³/mol. The van der Waals surface area contributed by atoms with E-state index in [9.17, 15) is 0 Å². The number of rotatable bonds is 1. The molecule has 2 aromatic rings. The Morgan fingerprint density at radius 2 is 2.00 bits per heavy atom. The van der Waals surface area contributed by atoms with Gasteiger partial charge in [0.1, 0.15) is 5.82 Å². The smallest absolute Gasteiger partial charge is 0.139 e. The molecule has 0 saturated heterocycles. The number of nitrogens with one attached hydrogen (secondary N) is 1. The van der Waals surface area contributed by atoms with E-state index in [2.05, 4.69) is 42.9 Å². The largest absolute Gasteiger partial charge is 0.398 e. The van der Waals surface area contributed by atoms with Gasteiger partial charge in [-0.25, -0.2) is 4.98 Å². The Morgan fingerprint density at radius 3 is 2.56 bits per heavy atom. The minimum Gasteiger partial charge on any atom is -0.398 e. The highest BCUT2D eigenvalue weighted by Crippen LogP contribution is 2.29. The molecule has 0 fully saturated rings. The summed E-state index contributed by atoms with van der Waals surface area (Å²) in [7, 11) is 0. The van der Waals surface area contributed by atoms with Crippen LogP contribution in [0.25, 0.3) is 11.4 Å². The number of H-pyrrole nitrogens is 1. The molecule has 84 valence electrons. The molecule has 2 rings (SSSR count). The monoisotopic (exact) mass is 215 g/mol. The van der Waals surface area contributed by atoms with Gasteiger partial charge in [0.2, 0.25) is 0 Å². The highest BCUT2D eigenvalue weighted by atomic mass is 14.9. The first kappa shape index (κ1) is 10.7. The van der Waals surface area contributed by atoms with Gasteiger partial charge in [-0.1, -0.05) is 26.8 Å². The Hall–Kier alpha value is -1.77. The van der Waals surface area contributed by atoms with Crippen LogP contribution in [0.15, 0.2) is 30.6 Å². The fourth-order valence-corrected chi connectivity index (χ4v) is 1.64. The summed E-state index contributed by atoms with van der Waals surface area (Å²) in [5, 5.41) is 0. The second-order valence-electron chi connectivity index (χ2n) is 4.99. The number of hydrogen-bond acceptors (Lipinski definition) is 2. The van der Waals surface area contributed by atoms with Gasteiger partial charge in [0.15, 0.2) is 0 Å². The van der Waals surface area contributed by atoms with Crippen LogP contribution in [-0.2, 0) is 5.41 Å². The Kier molecular flexibility index (Phi) is 2.46. The standard InChI is InChI=1S/C13H17N3/c1-13(2,3)9-4-5-11(14)10(8-9)12-15-6-7-16-12/h4-8H,14H2,1-3H3,(H,15,16). The zero-order valence-electron chi connectivity index (χ0n) is 9.91. The zero-order chi connectivity index (χ0) is 11.8. The van der Waals surface area contributed by atoms with Crippen LogP contribution in [0.5, 0.6) is 0 Å². The number of nitrogen functional groups attached to an aromatic ring is 1. The molecule has 0 saturated carbocycles. The molecule has 3 heteroatoms. The average molecular weight is 215 g/mol. The van der Waals surface area contributed by atoms with Crippen LogP contribution >= 0.6 is 0 Å². The minimum atomic E-state index is 0.120. The average Bonchev–Trinajstić information content (AvgIpc) is 2.69. The van der Waals surface area contributed by atoms with Crippen molar-refractivity contribution in [1.29, 1.82) is 0 Å². The maximum Gasteiger partial charge on any atom is 0.139 e. The first-order chi connectivity index (χ1) is 7.48. The maximum atomic E-state index is 5.96. The summed E-state index contributed by atoms with van der Waals surface area (Å²) in [5.74, 6) is 0.823. The van der Waals surface area contributed by atoms with Crippen molar-refractivity contribution >= 4 is 5.69 Å². The molecule has 0 bridgehead atoms. The molecular weight excluding hydrogens is 198 g/mol.